The van der Waals surface area contributed by atoms with Crippen LogP contribution in [0.4, 0.5) is 13.2 Å². The highest BCUT2D eigenvalue weighted by Gasteiger charge is 2.31. The smallest absolute Gasteiger partial charge is 0.314 e. The van der Waals surface area contributed by atoms with E-state index < -0.39 is 11.7 Å². The molecule has 0 aliphatic carbocycles. The van der Waals surface area contributed by atoms with Gasteiger partial charge in [0.25, 0.3) is 0 Å². The van der Waals surface area contributed by atoms with Crippen LogP contribution in [0.1, 0.15) is 18.1 Å². The van der Waals surface area contributed by atoms with Crippen LogP contribution in [0, 0.1) is 0 Å². The molecule has 0 unspecified atom stereocenters. The second-order valence-electron chi connectivity index (χ2n) is 4.87. The van der Waals surface area contributed by atoms with Crippen LogP contribution in [-0.4, -0.2) is 30.6 Å². The molecule has 1 aliphatic rings. The molecule has 0 bridgehead atoms. The number of piperazine rings is 1. The maximum atomic E-state index is 12.7. The van der Waals surface area contributed by atoms with E-state index in [-0.39, 0.29) is 5.02 Å². The zero-order valence-electron chi connectivity index (χ0n) is 10.6. The van der Waals surface area contributed by atoms with Crippen LogP contribution in [0.15, 0.2) is 18.2 Å². The lowest BCUT2D eigenvalue weighted by Crippen LogP contribution is -2.49. The predicted molar refractivity (Wildman–Crippen MR) is 69.2 cm³/mol. The minimum atomic E-state index is -4.35. The molecule has 19 heavy (non-hydrogen) atoms. The van der Waals surface area contributed by atoms with E-state index in [1.807, 2.05) is 0 Å². The van der Waals surface area contributed by atoms with Crippen molar-refractivity contribution in [3.05, 3.63) is 34.3 Å². The average Bonchev–Trinajstić information content (AvgIpc) is 2.30. The summed E-state index contributed by atoms with van der Waals surface area (Å²) in [5.41, 5.74) is -0.0774. The van der Waals surface area contributed by atoms with E-state index in [9.17, 15) is 13.2 Å². The summed E-state index contributed by atoms with van der Waals surface area (Å²) in [5.74, 6) is 0. The first-order valence-electron chi connectivity index (χ1n) is 6.17. The van der Waals surface area contributed by atoms with E-state index in [2.05, 4.69) is 17.1 Å². The standard InChI is InChI=1S/C13H16ClF3N2/c1-9-7-18-2-3-19(9)8-10-4-11(13(15,16)17)6-12(14)5-10/h4-6,9,18H,2-3,7-8H2,1H3/t9-/m0/s1. The molecular formula is C13H16ClF3N2. The molecule has 6 heteroatoms. The van der Waals surface area contributed by atoms with E-state index in [1.165, 1.54) is 6.07 Å². The Labute approximate surface area is 115 Å². The monoisotopic (exact) mass is 292 g/mol. The Hall–Kier alpha value is -0.780. The largest absolute Gasteiger partial charge is 0.416 e. The van der Waals surface area contributed by atoms with Gasteiger partial charge in [-0.1, -0.05) is 11.6 Å². The van der Waals surface area contributed by atoms with Crippen molar-refractivity contribution in [3.8, 4) is 0 Å². The van der Waals surface area contributed by atoms with Crippen LogP contribution in [0.3, 0.4) is 0 Å². The number of nitrogens with one attached hydrogen (secondary N) is 1. The van der Waals surface area contributed by atoms with Crippen LogP contribution >= 0.6 is 11.6 Å². The topological polar surface area (TPSA) is 15.3 Å². The van der Waals surface area contributed by atoms with Crippen molar-refractivity contribution >= 4 is 11.6 Å². The summed E-state index contributed by atoms with van der Waals surface area (Å²) in [5, 5.41) is 3.38. The van der Waals surface area contributed by atoms with Crippen molar-refractivity contribution in [3.63, 3.8) is 0 Å². The minimum absolute atomic E-state index is 0.132. The Balaban J connectivity index is 2.18. The SMILES string of the molecule is C[C@H]1CNCCN1Cc1cc(Cl)cc(C(F)(F)F)c1. The Morgan fingerprint density at radius 1 is 1.37 bits per heavy atom. The lowest BCUT2D eigenvalue weighted by atomic mass is 10.1. The first-order valence-corrected chi connectivity index (χ1v) is 6.55. The van der Waals surface area contributed by atoms with Gasteiger partial charge < -0.3 is 5.32 Å². The Morgan fingerprint density at radius 3 is 2.74 bits per heavy atom. The number of alkyl halides is 3. The van der Waals surface area contributed by atoms with Gasteiger partial charge in [0.2, 0.25) is 0 Å². The van der Waals surface area contributed by atoms with Gasteiger partial charge in [-0.2, -0.15) is 13.2 Å². The molecule has 0 amide bonds. The molecule has 2 nitrogen and oxygen atoms in total. The predicted octanol–water partition coefficient (Wildman–Crippen LogP) is 3.15. The number of halogens is 4. The molecule has 1 N–H and O–H groups in total. The Bertz CT molecular complexity index is 448. The number of rotatable bonds is 2. The van der Waals surface area contributed by atoms with Crippen molar-refractivity contribution in [2.45, 2.75) is 25.7 Å². The second-order valence-corrected chi connectivity index (χ2v) is 5.31. The fourth-order valence-corrected chi connectivity index (χ4v) is 2.52. The Kier molecular flexibility index (Phi) is 4.38. The fraction of sp³-hybridized carbons (Fsp3) is 0.538. The molecule has 106 valence electrons. The molecule has 2 rings (SSSR count). The maximum absolute atomic E-state index is 12.7. The number of hydrogen-bond donors (Lipinski definition) is 1. The minimum Gasteiger partial charge on any atom is -0.314 e. The van der Waals surface area contributed by atoms with Crippen LogP contribution in [-0.2, 0) is 12.7 Å². The molecule has 1 aromatic rings. The molecule has 0 spiro atoms. The molecule has 0 radical (unpaired) electrons. The third kappa shape index (κ3) is 3.84. The van der Waals surface area contributed by atoms with Crippen LogP contribution in [0.2, 0.25) is 5.02 Å². The highest BCUT2D eigenvalue weighted by Crippen LogP contribution is 2.32. The lowest BCUT2D eigenvalue weighted by Gasteiger charge is -2.34. The molecule has 1 saturated heterocycles. The van der Waals surface area contributed by atoms with Gasteiger partial charge in [-0.3, -0.25) is 4.90 Å². The number of hydrogen-bond acceptors (Lipinski definition) is 2. The fourth-order valence-electron chi connectivity index (χ4n) is 2.26. The van der Waals surface area contributed by atoms with Gasteiger partial charge in [0.05, 0.1) is 5.56 Å². The molecule has 1 atom stereocenters. The summed E-state index contributed by atoms with van der Waals surface area (Å²) in [7, 11) is 0. The van der Waals surface area contributed by atoms with E-state index in [0.29, 0.717) is 18.2 Å². The Morgan fingerprint density at radius 2 is 2.11 bits per heavy atom. The first-order chi connectivity index (χ1) is 8.86. The summed E-state index contributed by atoms with van der Waals surface area (Å²) >= 11 is 5.78. The van der Waals surface area contributed by atoms with E-state index in [1.54, 1.807) is 6.07 Å². The van der Waals surface area contributed by atoms with Crippen molar-refractivity contribution in [2.24, 2.45) is 0 Å². The van der Waals surface area contributed by atoms with Crippen LogP contribution < -0.4 is 5.32 Å². The van der Waals surface area contributed by atoms with Crippen molar-refractivity contribution in [1.82, 2.24) is 10.2 Å². The molecule has 1 heterocycles. The van der Waals surface area contributed by atoms with Crippen LogP contribution in [0.5, 0.6) is 0 Å². The molecule has 1 aliphatic heterocycles. The molecule has 1 aromatic carbocycles. The van der Waals surface area contributed by atoms with E-state index in [4.69, 9.17) is 11.6 Å². The summed E-state index contributed by atoms with van der Waals surface area (Å²) in [6, 6.07) is 4.06. The first kappa shape index (κ1) is 14.6. The quantitative estimate of drug-likeness (QED) is 0.901. The second kappa shape index (κ2) is 5.69. The third-order valence-electron chi connectivity index (χ3n) is 3.31. The van der Waals surface area contributed by atoms with Gasteiger partial charge in [-0.15, -0.1) is 0 Å². The van der Waals surface area contributed by atoms with Gasteiger partial charge in [0, 0.05) is 37.2 Å². The summed E-state index contributed by atoms with van der Waals surface area (Å²) < 4.78 is 38.2. The van der Waals surface area contributed by atoms with E-state index >= 15 is 0 Å². The molecule has 0 aromatic heterocycles. The summed E-state index contributed by atoms with van der Waals surface area (Å²) in [6.07, 6.45) is -4.35. The number of benzene rings is 1. The zero-order valence-corrected chi connectivity index (χ0v) is 11.4. The number of nitrogens with zero attached hydrogens (tertiary/aromatic N) is 1. The third-order valence-corrected chi connectivity index (χ3v) is 3.53. The summed E-state index contributed by atoms with van der Waals surface area (Å²) in [4.78, 5) is 2.16. The van der Waals surface area contributed by atoms with Crippen molar-refractivity contribution < 1.29 is 13.2 Å². The van der Waals surface area contributed by atoms with Gasteiger partial charge in [0.1, 0.15) is 0 Å². The average molecular weight is 293 g/mol. The normalized spacial score (nSPS) is 21.6. The zero-order chi connectivity index (χ0) is 14.0. The van der Waals surface area contributed by atoms with Crippen LogP contribution in [0.25, 0.3) is 0 Å². The molecular weight excluding hydrogens is 277 g/mol. The maximum Gasteiger partial charge on any atom is 0.416 e. The van der Waals surface area contributed by atoms with Gasteiger partial charge >= 0.3 is 6.18 Å². The highest BCUT2D eigenvalue weighted by atomic mass is 35.5. The lowest BCUT2D eigenvalue weighted by molar-refractivity contribution is -0.137. The van der Waals surface area contributed by atoms with Gasteiger partial charge in [0.15, 0.2) is 0 Å². The van der Waals surface area contributed by atoms with Gasteiger partial charge in [-0.25, -0.2) is 0 Å². The van der Waals surface area contributed by atoms with E-state index in [0.717, 1.165) is 25.7 Å². The van der Waals surface area contributed by atoms with Crippen molar-refractivity contribution in [1.29, 1.82) is 0 Å². The van der Waals surface area contributed by atoms with Gasteiger partial charge in [-0.05, 0) is 30.7 Å². The molecule has 1 fully saturated rings. The molecule has 0 saturated carbocycles. The summed E-state index contributed by atoms with van der Waals surface area (Å²) in [6.45, 7) is 5.09. The highest BCUT2D eigenvalue weighted by molar-refractivity contribution is 6.30. The van der Waals surface area contributed by atoms with Crippen molar-refractivity contribution in [2.75, 3.05) is 19.6 Å².